The van der Waals surface area contributed by atoms with Gasteiger partial charge in [0, 0.05) is 25.5 Å². The highest BCUT2D eigenvalue weighted by molar-refractivity contribution is 5.25. The fourth-order valence-electron chi connectivity index (χ4n) is 2.42. The molecule has 0 bridgehead atoms. The van der Waals surface area contributed by atoms with E-state index in [2.05, 4.69) is 55.7 Å². The number of unbranched alkanes of at least 4 members (excludes halogenated alkanes) is 1. The molecule has 0 unspecified atom stereocenters. The van der Waals surface area contributed by atoms with Crippen molar-refractivity contribution < 1.29 is 0 Å². The Morgan fingerprint density at radius 2 is 1.89 bits per heavy atom. The van der Waals surface area contributed by atoms with Gasteiger partial charge in [-0.05, 0) is 24.2 Å². The Kier molecular flexibility index (Phi) is 6.23. The van der Waals surface area contributed by atoms with E-state index in [-0.39, 0.29) is 0 Å². The highest BCUT2D eigenvalue weighted by atomic mass is 15.2. The minimum Gasteiger partial charge on any atom is -0.356 e. The van der Waals surface area contributed by atoms with Crippen LogP contribution in [0, 0.1) is 17.8 Å². The molecule has 0 aliphatic heterocycles. The molecule has 1 aromatic rings. The SMILES string of the molecule is CCCCNc1nccn1CC(C(C)C)C(C)C. The van der Waals surface area contributed by atoms with Gasteiger partial charge in [-0.2, -0.15) is 0 Å². The van der Waals surface area contributed by atoms with E-state index in [1.807, 2.05) is 6.20 Å². The normalized spacial score (nSPS) is 11.8. The molecule has 0 radical (unpaired) electrons. The largest absolute Gasteiger partial charge is 0.356 e. The monoisotopic (exact) mass is 251 g/mol. The second-order valence-corrected chi connectivity index (χ2v) is 5.84. The maximum Gasteiger partial charge on any atom is 0.202 e. The molecule has 3 heteroatoms. The third-order valence-electron chi connectivity index (χ3n) is 3.65. The standard InChI is InChI=1S/C15H29N3/c1-6-7-8-16-15-17-9-10-18(15)11-14(12(2)3)13(4)5/h9-10,12-14H,6-8,11H2,1-5H3,(H,16,17). The molecule has 0 aliphatic rings. The maximum atomic E-state index is 4.41. The molecule has 1 rings (SSSR count). The molecular weight excluding hydrogens is 222 g/mol. The zero-order valence-corrected chi connectivity index (χ0v) is 12.6. The predicted molar refractivity (Wildman–Crippen MR) is 78.8 cm³/mol. The Bertz CT molecular complexity index is 320. The molecular formula is C15H29N3. The summed E-state index contributed by atoms with van der Waals surface area (Å²) in [4.78, 5) is 4.41. The van der Waals surface area contributed by atoms with Crippen LogP contribution in [0.15, 0.2) is 12.4 Å². The highest BCUT2D eigenvalue weighted by Gasteiger charge is 2.19. The third-order valence-corrected chi connectivity index (χ3v) is 3.65. The summed E-state index contributed by atoms with van der Waals surface area (Å²) in [6.07, 6.45) is 6.40. The van der Waals surface area contributed by atoms with Crippen LogP contribution in [0.4, 0.5) is 5.95 Å². The Hall–Kier alpha value is -0.990. The van der Waals surface area contributed by atoms with Crippen LogP contribution in [0.25, 0.3) is 0 Å². The molecule has 0 atom stereocenters. The van der Waals surface area contributed by atoms with Crippen molar-refractivity contribution in [3.8, 4) is 0 Å². The lowest BCUT2D eigenvalue weighted by Gasteiger charge is -2.26. The molecule has 0 aliphatic carbocycles. The van der Waals surface area contributed by atoms with E-state index in [0.717, 1.165) is 19.0 Å². The van der Waals surface area contributed by atoms with Gasteiger partial charge in [0.2, 0.25) is 5.95 Å². The lowest BCUT2D eigenvalue weighted by molar-refractivity contribution is 0.253. The van der Waals surface area contributed by atoms with Crippen molar-refractivity contribution in [1.29, 1.82) is 0 Å². The summed E-state index contributed by atoms with van der Waals surface area (Å²) in [7, 11) is 0. The summed E-state index contributed by atoms with van der Waals surface area (Å²) in [6, 6.07) is 0. The molecule has 1 heterocycles. The van der Waals surface area contributed by atoms with Gasteiger partial charge in [-0.1, -0.05) is 41.0 Å². The predicted octanol–water partition coefficient (Wildman–Crippen LogP) is 4.02. The van der Waals surface area contributed by atoms with E-state index >= 15 is 0 Å². The van der Waals surface area contributed by atoms with Gasteiger partial charge in [-0.15, -0.1) is 0 Å². The highest BCUT2D eigenvalue weighted by Crippen LogP contribution is 2.23. The quantitative estimate of drug-likeness (QED) is 0.707. The van der Waals surface area contributed by atoms with E-state index in [0.29, 0.717) is 17.8 Å². The Labute approximate surface area is 112 Å². The van der Waals surface area contributed by atoms with Crippen LogP contribution >= 0.6 is 0 Å². The number of imidazole rings is 1. The van der Waals surface area contributed by atoms with Gasteiger partial charge >= 0.3 is 0 Å². The average Bonchev–Trinajstić information content (AvgIpc) is 2.73. The number of nitrogens with one attached hydrogen (secondary N) is 1. The second kappa shape index (κ2) is 7.45. The molecule has 1 N–H and O–H groups in total. The minimum atomic E-state index is 0.700. The summed E-state index contributed by atoms with van der Waals surface area (Å²) in [5, 5.41) is 3.43. The molecule has 0 amide bonds. The zero-order valence-electron chi connectivity index (χ0n) is 12.6. The summed E-state index contributed by atoms with van der Waals surface area (Å²) >= 11 is 0. The maximum absolute atomic E-state index is 4.41. The number of anilines is 1. The zero-order chi connectivity index (χ0) is 13.5. The molecule has 3 nitrogen and oxygen atoms in total. The van der Waals surface area contributed by atoms with E-state index in [1.165, 1.54) is 12.8 Å². The van der Waals surface area contributed by atoms with Crippen molar-refractivity contribution in [2.45, 2.75) is 54.0 Å². The van der Waals surface area contributed by atoms with Crippen molar-refractivity contribution in [1.82, 2.24) is 9.55 Å². The van der Waals surface area contributed by atoms with Gasteiger partial charge in [0.15, 0.2) is 0 Å². The molecule has 0 aromatic carbocycles. The van der Waals surface area contributed by atoms with Crippen LogP contribution in [0.5, 0.6) is 0 Å². The van der Waals surface area contributed by atoms with Crippen LogP contribution in [-0.4, -0.2) is 16.1 Å². The third kappa shape index (κ3) is 4.35. The van der Waals surface area contributed by atoms with Crippen molar-refractivity contribution in [3.63, 3.8) is 0 Å². The summed E-state index contributed by atoms with van der Waals surface area (Å²) < 4.78 is 2.26. The first-order valence-corrected chi connectivity index (χ1v) is 7.31. The van der Waals surface area contributed by atoms with Crippen LogP contribution in [0.3, 0.4) is 0 Å². The van der Waals surface area contributed by atoms with Crippen molar-refractivity contribution >= 4 is 5.95 Å². The van der Waals surface area contributed by atoms with E-state index < -0.39 is 0 Å². The van der Waals surface area contributed by atoms with E-state index in [1.54, 1.807) is 0 Å². The summed E-state index contributed by atoms with van der Waals surface area (Å²) in [5.74, 6) is 3.13. The molecule has 104 valence electrons. The van der Waals surface area contributed by atoms with Crippen LogP contribution in [-0.2, 0) is 6.54 Å². The Balaban J connectivity index is 2.63. The fraction of sp³-hybridized carbons (Fsp3) is 0.800. The molecule has 0 fully saturated rings. The first-order chi connectivity index (χ1) is 8.56. The lowest BCUT2D eigenvalue weighted by atomic mass is 9.85. The first-order valence-electron chi connectivity index (χ1n) is 7.31. The number of hydrogen-bond donors (Lipinski definition) is 1. The van der Waals surface area contributed by atoms with Crippen molar-refractivity contribution in [3.05, 3.63) is 12.4 Å². The number of aromatic nitrogens is 2. The topological polar surface area (TPSA) is 29.9 Å². The number of hydrogen-bond acceptors (Lipinski definition) is 2. The Morgan fingerprint density at radius 1 is 1.22 bits per heavy atom. The van der Waals surface area contributed by atoms with Crippen molar-refractivity contribution in [2.75, 3.05) is 11.9 Å². The fourth-order valence-corrected chi connectivity index (χ4v) is 2.42. The second-order valence-electron chi connectivity index (χ2n) is 5.84. The van der Waals surface area contributed by atoms with E-state index in [4.69, 9.17) is 0 Å². The van der Waals surface area contributed by atoms with Gasteiger partial charge in [0.25, 0.3) is 0 Å². The molecule has 1 aromatic heterocycles. The minimum absolute atomic E-state index is 0.700. The first kappa shape index (κ1) is 15.1. The van der Waals surface area contributed by atoms with Gasteiger partial charge in [-0.25, -0.2) is 4.98 Å². The average molecular weight is 251 g/mol. The van der Waals surface area contributed by atoms with Crippen LogP contribution < -0.4 is 5.32 Å². The van der Waals surface area contributed by atoms with Crippen LogP contribution in [0.1, 0.15) is 47.5 Å². The Morgan fingerprint density at radius 3 is 2.44 bits per heavy atom. The van der Waals surface area contributed by atoms with E-state index in [9.17, 15) is 0 Å². The number of nitrogens with zero attached hydrogens (tertiary/aromatic N) is 2. The molecule has 0 saturated heterocycles. The molecule has 0 saturated carbocycles. The van der Waals surface area contributed by atoms with Gasteiger partial charge in [0.05, 0.1) is 0 Å². The smallest absolute Gasteiger partial charge is 0.202 e. The van der Waals surface area contributed by atoms with Gasteiger partial charge < -0.3 is 9.88 Å². The lowest BCUT2D eigenvalue weighted by Crippen LogP contribution is -2.22. The van der Waals surface area contributed by atoms with Gasteiger partial charge in [-0.3, -0.25) is 0 Å². The van der Waals surface area contributed by atoms with Gasteiger partial charge in [0.1, 0.15) is 0 Å². The molecule has 18 heavy (non-hydrogen) atoms. The number of rotatable bonds is 8. The van der Waals surface area contributed by atoms with Crippen LogP contribution in [0.2, 0.25) is 0 Å². The van der Waals surface area contributed by atoms with Crippen molar-refractivity contribution in [2.24, 2.45) is 17.8 Å². The summed E-state index contributed by atoms with van der Waals surface area (Å²) in [6.45, 7) is 13.5. The molecule has 0 spiro atoms. The summed E-state index contributed by atoms with van der Waals surface area (Å²) in [5.41, 5.74) is 0.